The summed E-state index contributed by atoms with van der Waals surface area (Å²) in [5.41, 5.74) is 0.781. The number of carbonyl (C=O) groups excluding carboxylic acids is 1. The zero-order chi connectivity index (χ0) is 13.1. The van der Waals surface area contributed by atoms with E-state index in [0.29, 0.717) is 5.56 Å². The molecule has 1 aromatic carbocycles. The summed E-state index contributed by atoms with van der Waals surface area (Å²) in [6.07, 6.45) is -4.42. The van der Waals surface area contributed by atoms with Gasteiger partial charge in [-0.2, -0.15) is 13.2 Å². The molecule has 0 aliphatic rings. The Bertz CT molecular complexity index is 416. The maximum absolute atomic E-state index is 11.9. The van der Waals surface area contributed by atoms with Crippen LogP contribution in [0.3, 0.4) is 0 Å². The van der Waals surface area contributed by atoms with Crippen molar-refractivity contribution in [2.24, 2.45) is 0 Å². The number of halogens is 3. The molecular formula is C11H12F3NO2. The lowest BCUT2D eigenvalue weighted by Crippen LogP contribution is -2.33. The predicted molar refractivity (Wildman–Crippen MR) is 56.1 cm³/mol. The summed E-state index contributed by atoms with van der Waals surface area (Å²) in [7, 11) is 1.36. The fraction of sp³-hybridized carbons (Fsp3) is 0.364. The van der Waals surface area contributed by atoms with Crippen LogP contribution >= 0.6 is 0 Å². The second kappa shape index (κ2) is 5.07. The highest BCUT2D eigenvalue weighted by atomic mass is 19.4. The van der Waals surface area contributed by atoms with Gasteiger partial charge in [-0.3, -0.25) is 4.79 Å². The summed E-state index contributed by atoms with van der Waals surface area (Å²) >= 11 is 0. The molecule has 1 amide bonds. The lowest BCUT2D eigenvalue weighted by molar-refractivity contribution is -0.123. The third-order valence-corrected chi connectivity index (χ3v) is 2.11. The van der Waals surface area contributed by atoms with E-state index in [1.54, 1.807) is 24.4 Å². The first kappa shape index (κ1) is 13.3. The number of ether oxygens (including phenoxy) is 1. The second-order valence-corrected chi connectivity index (χ2v) is 3.45. The monoisotopic (exact) mass is 247 g/mol. The maximum atomic E-state index is 11.9. The maximum Gasteiger partial charge on any atom is 0.405 e. The number of alkyl halides is 3. The summed E-state index contributed by atoms with van der Waals surface area (Å²) < 4.78 is 40.8. The topological polar surface area (TPSA) is 38.3 Å². The lowest BCUT2D eigenvalue weighted by atomic mass is 10.1. The molecule has 0 atom stereocenters. The molecule has 0 radical (unpaired) electrons. The third-order valence-electron chi connectivity index (χ3n) is 2.11. The van der Waals surface area contributed by atoms with Crippen LogP contribution in [0.5, 0.6) is 5.75 Å². The minimum atomic E-state index is -4.42. The van der Waals surface area contributed by atoms with Crippen molar-refractivity contribution in [3.63, 3.8) is 0 Å². The van der Waals surface area contributed by atoms with E-state index >= 15 is 0 Å². The summed E-state index contributed by atoms with van der Waals surface area (Å²) in [5, 5.41) is 1.80. The first-order valence-corrected chi connectivity index (χ1v) is 4.83. The summed E-state index contributed by atoms with van der Waals surface area (Å²) in [4.78, 5) is 11.5. The number of rotatable bonds is 3. The van der Waals surface area contributed by atoms with Crippen molar-refractivity contribution in [3.05, 3.63) is 29.3 Å². The van der Waals surface area contributed by atoms with Crippen LogP contribution < -0.4 is 10.1 Å². The minimum Gasteiger partial charge on any atom is -0.496 e. The number of methoxy groups -OCH3 is 1. The van der Waals surface area contributed by atoms with Gasteiger partial charge in [-0.1, -0.05) is 12.1 Å². The van der Waals surface area contributed by atoms with Gasteiger partial charge in [-0.25, -0.2) is 0 Å². The molecule has 0 saturated carbocycles. The van der Waals surface area contributed by atoms with Crippen molar-refractivity contribution in [3.8, 4) is 5.75 Å². The van der Waals surface area contributed by atoms with Crippen LogP contribution in [-0.4, -0.2) is 25.7 Å². The molecule has 0 aromatic heterocycles. The molecule has 1 aromatic rings. The Morgan fingerprint density at radius 1 is 1.41 bits per heavy atom. The summed E-state index contributed by atoms with van der Waals surface area (Å²) in [6, 6.07) is 4.71. The number of hydrogen-bond acceptors (Lipinski definition) is 2. The molecule has 0 spiro atoms. The zero-order valence-corrected chi connectivity index (χ0v) is 9.39. The van der Waals surface area contributed by atoms with E-state index in [1.165, 1.54) is 13.2 Å². The van der Waals surface area contributed by atoms with E-state index in [4.69, 9.17) is 4.74 Å². The molecule has 17 heavy (non-hydrogen) atoms. The highest BCUT2D eigenvalue weighted by Gasteiger charge is 2.28. The van der Waals surface area contributed by atoms with E-state index in [1.807, 2.05) is 0 Å². The smallest absolute Gasteiger partial charge is 0.405 e. The zero-order valence-electron chi connectivity index (χ0n) is 9.39. The van der Waals surface area contributed by atoms with E-state index in [-0.39, 0.29) is 11.3 Å². The van der Waals surface area contributed by atoms with Crippen LogP contribution in [0.2, 0.25) is 0 Å². The SMILES string of the molecule is COc1c(C)cccc1C(=O)NCC(F)(F)F. The molecule has 1 rings (SSSR count). The average Bonchev–Trinajstić information content (AvgIpc) is 2.24. The van der Waals surface area contributed by atoms with Gasteiger partial charge in [0, 0.05) is 0 Å². The van der Waals surface area contributed by atoms with E-state index in [0.717, 1.165) is 0 Å². The molecule has 0 fully saturated rings. The van der Waals surface area contributed by atoms with Gasteiger partial charge in [0.1, 0.15) is 12.3 Å². The van der Waals surface area contributed by atoms with Crippen molar-refractivity contribution in [1.29, 1.82) is 0 Å². The first-order chi connectivity index (χ1) is 7.85. The highest BCUT2D eigenvalue weighted by Crippen LogP contribution is 2.23. The quantitative estimate of drug-likeness (QED) is 0.890. The fourth-order valence-electron chi connectivity index (χ4n) is 1.38. The lowest BCUT2D eigenvalue weighted by Gasteiger charge is -2.12. The Morgan fingerprint density at radius 2 is 2.06 bits per heavy atom. The van der Waals surface area contributed by atoms with Gasteiger partial charge in [0.15, 0.2) is 0 Å². The van der Waals surface area contributed by atoms with Gasteiger partial charge >= 0.3 is 6.18 Å². The van der Waals surface area contributed by atoms with Crippen molar-refractivity contribution in [2.45, 2.75) is 13.1 Å². The molecule has 94 valence electrons. The fourth-order valence-corrected chi connectivity index (χ4v) is 1.38. The average molecular weight is 247 g/mol. The Kier molecular flexibility index (Phi) is 3.98. The molecule has 0 bridgehead atoms. The highest BCUT2D eigenvalue weighted by molar-refractivity contribution is 5.97. The third kappa shape index (κ3) is 3.65. The normalized spacial score (nSPS) is 11.1. The van der Waals surface area contributed by atoms with Crippen LogP contribution in [0.25, 0.3) is 0 Å². The van der Waals surface area contributed by atoms with Gasteiger partial charge in [-0.15, -0.1) is 0 Å². The van der Waals surface area contributed by atoms with Crippen LogP contribution in [-0.2, 0) is 0 Å². The van der Waals surface area contributed by atoms with Gasteiger partial charge in [-0.05, 0) is 18.6 Å². The van der Waals surface area contributed by atoms with Crippen molar-refractivity contribution in [2.75, 3.05) is 13.7 Å². The van der Waals surface area contributed by atoms with Gasteiger partial charge in [0.2, 0.25) is 0 Å². The Hall–Kier alpha value is -1.72. The van der Waals surface area contributed by atoms with Crippen molar-refractivity contribution < 1.29 is 22.7 Å². The Morgan fingerprint density at radius 3 is 2.59 bits per heavy atom. The standard InChI is InChI=1S/C11H12F3NO2/c1-7-4-3-5-8(9(7)17-2)10(16)15-6-11(12,13)14/h3-5H,6H2,1-2H3,(H,15,16). The second-order valence-electron chi connectivity index (χ2n) is 3.45. The number of para-hydroxylation sites is 1. The molecule has 1 N–H and O–H groups in total. The number of nitrogens with one attached hydrogen (secondary N) is 1. The number of carbonyl (C=O) groups is 1. The molecule has 6 heteroatoms. The van der Waals surface area contributed by atoms with E-state index in [2.05, 4.69) is 0 Å². The van der Waals surface area contributed by atoms with Crippen LogP contribution in [0.1, 0.15) is 15.9 Å². The van der Waals surface area contributed by atoms with Crippen LogP contribution in [0.4, 0.5) is 13.2 Å². The Balaban J connectivity index is 2.86. The number of hydrogen-bond donors (Lipinski definition) is 1. The van der Waals surface area contributed by atoms with Crippen molar-refractivity contribution in [1.82, 2.24) is 5.32 Å². The first-order valence-electron chi connectivity index (χ1n) is 4.83. The summed E-state index contributed by atoms with van der Waals surface area (Å²) in [5.74, 6) is -0.518. The molecule has 0 saturated heterocycles. The number of benzene rings is 1. The minimum absolute atomic E-state index is 0.0942. The Labute approximate surface area is 96.6 Å². The predicted octanol–water partition coefficient (Wildman–Crippen LogP) is 2.30. The van der Waals surface area contributed by atoms with Crippen LogP contribution in [0.15, 0.2) is 18.2 Å². The van der Waals surface area contributed by atoms with E-state index < -0.39 is 18.6 Å². The van der Waals surface area contributed by atoms with Gasteiger partial charge < -0.3 is 10.1 Å². The molecule has 0 heterocycles. The molecule has 0 unspecified atom stereocenters. The van der Waals surface area contributed by atoms with E-state index in [9.17, 15) is 18.0 Å². The van der Waals surface area contributed by atoms with Crippen LogP contribution in [0, 0.1) is 6.92 Å². The largest absolute Gasteiger partial charge is 0.496 e. The van der Waals surface area contributed by atoms with Gasteiger partial charge in [0.05, 0.1) is 12.7 Å². The molecule has 0 aliphatic carbocycles. The molecule has 0 aliphatic heterocycles. The van der Waals surface area contributed by atoms with Gasteiger partial charge in [0.25, 0.3) is 5.91 Å². The number of aryl methyl sites for hydroxylation is 1. The number of amides is 1. The van der Waals surface area contributed by atoms with Crippen molar-refractivity contribution >= 4 is 5.91 Å². The summed E-state index contributed by atoms with van der Waals surface area (Å²) in [6.45, 7) is 0.350. The molecular weight excluding hydrogens is 235 g/mol. The molecule has 3 nitrogen and oxygen atoms in total.